The number of carbonyl (C=O) groups excluding carboxylic acids is 1. The summed E-state index contributed by atoms with van der Waals surface area (Å²) < 4.78 is 34.7. The summed E-state index contributed by atoms with van der Waals surface area (Å²) in [4.78, 5) is 11.6. The Balaban J connectivity index is 1.87. The average Bonchev–Trinajstić information content (AvgIpc) is 2.72. The van der Waals surface area contributed by atoms with Gasteiger partial charge in [-0.15, -0.1) is 0 Å². The molecule has 29 heavy (non-hydrogen) atoms. The van der Waals surface area contributed by atoms with Crippen LogP contribution in [-0.4, -0.2) is 5.97 Å². The van der Waals surface area contributed by atoms with E-state index >= 15 is 0 Å². The van der Waals surface area contributed by atoms with Gasteiger partial charge in [0.1, 0.15) is 5.75 Å². The number of hydrogen-bond donors (Lipinski definition) is 0. The standard InChI is InChI=1S/C25H22F2O2/c1-4-5-17-6-8-18(9-7-17)21-14-15-22(24(27)23(21)26)19-10-12-20(13-11-19)29-25(28)16(2)3/h6-15H,2,4-5H2,1,3H3. The number of ether oxygens (including phenoxy) is 1. The molecule has 3 aromatic carbocycles. The van der Waals surface area contributed by atoms with E-state index in [0.717, 1.165) is 12.8 Å². The minimum absolute atomic E-state index is 0.145. The Kier molecular flexibility index (Phi) is 6.23. The Morgan fingerprint density at radius 1 is 0.862 bits per heavy atom. The summed E-state index contributed by atoms with van der Waals surface area (Å²) in [5.74, 6) is -2.02. The van der Waals surface area contributed by atoms with Gasteiger partial charge in [0.2, 0.25) is 0 Å². The fraction of sp³-hybridized carbons (Fsp3) is 0.160. The number of hydrogen-bond acceptors (Lipinski definition) is 2. The summed E-state index contributed by atoms with van der Waals surface area (Å²) in [6.45, 7) is 7.16. The molecule has 2 nitrogen and oxygen atoms in total. The highest BCUT2D eigenvalue weighted by atomic mass is 19.2. The lowest BCUT2D eigenvalue weighted by Crippen LogP contribution is -2.07. The second-order valence-electron chi connectivity index (χ2n) is 6.93. The Bertz CT molecular complexity index is 1040. The molecule has 3 aromatic rings. The van der Waals surface area contributed by atoms with Crippen molar-refractivity contribution >= 4 is 5.97 Å². The lowest BCUT2D eigenvalue weighted by molar-refractivity contribution is -0.130. The van der Waals surface area contributed by atoms with Crippen molar-refractivity contribution in [2.75, 3.05) is 0 Å². The smallest absolute Gasteiger partial charge is 0.338 e. The first-order chi connectivity index (χ1) is 13.9. The summed E-state index contributed by atoms with van der Waals surface area (Å²) in [5.41, 5.74) is 2.94. The molecule has 0 aromatic heterocycles. The van der Waals surface area contributed by atoms with Gasteiger partial charge in [-0.05, 0) is 42.2 Å². The second-order valence-corrected chi connectivity index (χ2v) is 6.93. The molecular formula is C25H22F2O2. The first-order valence-corrected chi connectivity index (χ1v) is 9.46. The van der Waals surface area contributed by atoms with Crippen molar-refractivity contribution in [3.8, 4) is 28.0 Å². The predicted octanol–water partition coefficient (Wildman–Crippen LogP) is 6.73. The molecule has 0 saturated carbocycles. The zero-order valence-electron chi connectivity index (χ0n) is 16.5. The molecule has 0 heterocycles. The maximum atomic E-state index is 14.8. The monoisotopic (exact) mass is 392 g/mol. The molecule has 148 valence electrons. The van der Waals surface area contributed by atoms with Crippen LogP contribution in [0.25, 0.3) is 22.3 Å². The van der Waals surface area contributed by atoms with E-state index < -0.39 is 17.6 Å². The van der Waals surface area contributed by atoms with Crippen molar-refractivity contribution in [2.45, 2.75) is 26.7 Å². The molecule has 0 aliphatic rings. The van der Waals surface area contributed by atoms with Gasteiger partial charge < -0.3 is 4.74 Å². The Morgan fingerprint density at radius 2 is 1.34 bits per heavy atom. The van der Waals surface area contributed by atoms with Crippen molar-refractivity contribution in [1.82, 2.24) is 0 Å². The van der Waals surface area contributed by atoms with Crippen LogP contribution in [0.4, 0.5) is 8.78 Å². The summed E-state index contributed by atoms with van der Waals surface area (Å²) in [5, 5.41) is 0. The zero-order valence-corrected chi connectivity index (χ0v) is 16.5. The van der Waals surface area contributed by atoms with E-state index in [1.165, 1.54) is 17.7 Å². The molecule has 0 unspecified atom stereocenters. The quantitative estimate of drug-likeness (QED) is 0.264. The molecular weight excluding hydrogens is 370 g/mol. The fourth-order valence-corrected chi connectivity index (χ4v) is 3.03. The number of esters is 1. The molecule has 0 N–H and O–H groups in total. The number of aryl methyl sites for hydroxylation is 1. The van der Waals surface area contributed by atoms with Gasteiger partial charge in [-0.3, -0.25) is 0 Å². The van der Waals surface area contributed by atoms with Gasteiger partial charge in [0.05, 0.1) is 0 Å². The largest absolute Gasteiger partial charge is 0.423 e. The van der Waals surface area contributed by atoms with Crippen molar-refractivity contribution in [1.29, 1.82) is 0 Å². The van der Waals surface area contributed by atoms with Crippen LogP contribution in [0, 0.1) is 11.6 Å². The van der Waals surface area contributed by atoms with Gasteiger partial charge in [-0.1, -0.05) is 68.5 Å². The predicted molar refractivity (Wildman–Crippen MR) is 112 cm³/mol. The Labute approximate surface area is 169 Å². The van der Waals surface area contributed by atoms with Crippen LogP contribution in [0.2, 0.25) is 0 Å². The van der Waals surface area contributed by atoms with Gasteiger partial charge in [0.25, 0.3) is 0 Å². The molecule has 0 aliphatic heterocycles. The normalized spacial score (nSPS) is 10.6. The molecule has 0 radical (unpaired) electrons. The number of halogens is 2. The maximum Gasteiger partial charge on any atom is 0.338 e. The van der Waals surface area contributed by atoms with Gasteiger partial charge in [-0.25, -0.2) is 13.6 Å². The van der Waals surface area contributed by atoms with E-state index in [9.17, 15) is 13.6 Å². The topological polar surface area (TPSA) is 26.3 Å². The van der Waals surface area contributed by atoms with Crippen molar-refractivity contribution in [3.63, 3.8) is 0 Å². The van der Waals surface area contributed by atoms with E-state index in [0.29, 0.717) is 16.9 Å². The van der Waals surface area contributed by atoms with Gasteiger partial charge in [0, 0.05) is 16.7 Å². The third-order valence-electron chi connectivity index (χ3n) is 4.61. The van der Waals surface area contributed by atoms with E-state index in [-0.39, 0.29) is 16.7 Å². The SMILES string of the molecule is C=C(C)C(=O)Oc1ccc(-c2ccc(-c3ccc(CCC)cc3)c(F)c2F)cc1. The molecule has 3 rings (SSSR count). The van der Waals surface area contributed by atoms with E-state index in [1.54, 1.807) is 31.2 Å². The minimum Gasteiger partial charge on any atom is -0.423 e. The lowest BCUT2D eigenvalue weighted by atomic mass is 9.97. The van der Waals surface area contributed by atoms with Crippen LogP contribution in [0.1, 0.15) is 25.8 Å². The van der Waals surface area contributed by atoms with Crippen LogP contribution in [0.5, 0.6) is 5.75 Å². The molecule has 0 aliphatic carbocycles. The van der Waals surface area contributed by atoms with Gasteiger partial charge >= 0.3 is 5.97 Å². The van der Waals surface area contributed by atoms with Crippen LogP contribution in [-0.2, 0) is 11.2 Å². The summed E-state index contributed by atoms with van der Waals surface area (Å²) in [6, 6.07) is 16.9. The van der Waals surface area contributed by atoms with Crippen LogP contribution in [0.15, 0.2) is 72.8 Å². The van der Waals surface area contributed by atoms with Crippen LogP contribution < -0.4 is 4.74 Å². The first-order valence-electron chi connectivity index (χ1n) is 9.46. The second kappa shape index (κ2) is 8.82. The van der Waals surface area contributed by atoms with E-state index in [2.05, 4.69) is 13.5 Å². The number of carbonyl (C=O) groups is 1. The van der Waals surface area contributed by atoms with Gasteiger partial charge in [0.15, 0.2) is 11.6 Å². The first kappa shape index (κ1) is 20.5. The van der Waals surface area contributed by atoms with Gasteiger partial charge in [-0.2, -0.15) is 0 Å². The van der Waals surface area contributed by atoms with Crippen LogP contribution in [0.3, 0.4) is 0 Å². The summed E-state index contributed by atoms with van der Waals surface area (Å²) in [6.07, 6.45) is 1.98. The zero-order chi connectivity index (χ0) is 21.0. The third kappa shape index (κ3) is 4.60. The Morgan fingerprint density at radius 3 is 1.79 bits per heavy atom. The molecule has 0 bridgehead atoms. The van der Waals surface area contributed by atoms with Crippen LogP contribution >= 0.6 is 0 Å². The average molecular weight is 392 g/mol. The van der Waals surface area contributed by atoms with Crippen molar-refractivity contribution in [3.05, 3.63) is 90.0 Å². The maximum absolute atomic E-state index is 14.8. The fourth-order valence-electron chi connectivity index (χ4n) is 3.03. The van der Waals surface area contributed by atoms with Crippen molar-refractivity contribution in [2.24, 2.45) is 0 Å². The third-order valence-corrected chi connectivity index (χ3v) is 4.61. The number of rotatable bonds is 6. The molecule has 0 saturated heterocycles. The highest BCUT2D eigenvalue weighted by molar-refractivity contribution is 5.88. The molecule has 0 amide bonds. The molecule has 0 fully saturated rings. The summed E-state index contributed by atoms with van der Waals surface area (Å²) >= 11 is 0. The molecule has 4 heteroatoms. The van der Waals surface area contributed by atoms with E-state index in [4.69, 9.17) is 4.74 Å². The highest BCUT2D eigenvalue weighted by Gasteiger charge is 2.16. The minimum atomic E-state index is -0.910. The molecule has 0 spiro atoms. The van der Waals surface area contributed by atoms with E-state index in [1.807, 2.05) is 24.3 Å². The van der Waals surface area contributed by atoms with Crippen molar-refractivity contribution < 1.29 is 18.3 Å². The lowest BCUT2D eigenvalue weighted by Gasteiger charge is -2.10. The summed E-state index contributed by atoms with van der Waals surface area (Å²) in [7, 11) is 0. The highest BCUT2D eigenvalue weighted by Crippen LogP contribution is 2.32. The Hall–Kier alpha value is -3.27. The number of benzene rings is 3. The molecule has 0 atom stereocenters.